The molecule has 2 aliphatic rings. The quantitative estimate of drug-likeness (QED) is 0.907. The maximum absolute atomic E-state index is 14.2. The number of hydrogen-bond acceptors (Lipinski definition) is 4. The Morgan fingerprint density at radius 2 is 1.92 bits per heavy atom. The Morgan fingerprint density at radius 3 is 2.67 bits per heavy atom. The van der Waals surface area contributed by atoms with Gasteiger partial charge in [-0.1, -0.05) is 18.2 Å². The highest BCUT2D eigenvalue weighted by molar-refractivity contribution is 7.90. The molecule has 2 aromatic rings. The lowest BCUT2D eigenvalue weighted by atomic mass is 10.1. The summed E-state index contributed by atoms with van der Waals surface area (Å²) < 4.78 is 38.2. The first-order valence-electron chi connectivity index (χ1n) is 7.91. The van der Waals surface area contributed by atoms with E-state index in [2.05, 4.69) is 11.0 Å². The maximum atomic E-state index is 14.2. The zero-order chi connectivity index (χ0) is 17.1. The highest BCUT2D eigenvalue weighted by Gasteiger charge is 2.38. The maximum Gasteiger partial charge on any atom is 0.175 e. The van der Waals surface area contributed by atoms with Gasteiger partial charge in [0.15, 0.2) is 9.84 Å². The van der Waals surface area contributed by atoms with E-state index in [9.17, 15) is 17.9 Å². The summed E-state index contributed by atoms with van der Waals surface area (Å²) in [6, 6.07) is 11.2. The van der Waals surface area contributed by atoms with Gasteiger partial charge in [0.05, 0.1) is 4.90 Å². The van der Waals surface area contributed by atoms with E-state index >= 15 is 0 Å². The first-order valence-corrected chi connectivity index (χ1v) is 9.80. The van der Waals surface area contributed by atoms with Crippen LogP contribution in [0.5, 0.6) is 0 Å². The highest BCUT2D eigenvalue weighted by atomic mass is 32.2. The van der Waals surface area contributed by atoms with Gasteiger partial charge in [0, 0.05) is 36.2 Å². The number of hydrogen-bond donors (Lipinski definition) is 1. The van der Waals surface area contributed by atoms with Crippen molar-refractivity contribution in [3.63, 3.8) is 0 Å². The molecule has 1 heterocycles. The van der Waals surface area contributed by atoms with Crippen LogP contribution in [-0.4, -0.2) is 32.5 Å². The number of fused-ring (bicyclic) bond motifs is 2. The molecule has 2 aromatic carbocycles. The van der Waals surface area contributed by atoms with Gasteiger partial charge in [0.25, 0.3) is 0 Å². The molecule has 0 fully saturated rings. The third kappa shape index (κ3) is 2.24. The number of alkyl halides is 1. The van der Waals surface area contributed by atoms with Gasteiger partial charge in [-0.05, 0) is 35.7 Å². The topological polar surface area (TPSA) is 57.6 Å². The average Bonchev–Trinajstić information content (AvgIpc) is 3.08. The monoisotopic (exact) mass is 347 g/mol. The van der Waals surface area contributed by atoms with Gasteiger partial charge in [-0.15, -0.1) is 0 Å². The second-order valence-electron chi connectivity index (χ2n) is 6.44. The molecule has 4 rings (SSSR count). The van der Waals surface area contributed by atoms with Crippen LogP contribution in [0.15, 0.2) is 41.3 Å². The summed E-state index contributed by atoms with van der Waals surface area (Å²) in [5, 5.41) is 10.2. The molecule has 0 unspecified atom stereocenters. The predicted octanol–water partition coefficient (Wildman–Crippen LogP) is 2.71. The summed E-state index contributed by atoms with van der Waals surface area (Å²) in [7, 11) is -3.53. The number of benzene rings is 2. The first kappa shape index (κ1) is 15.6. The summed E-state index contributed by atoms with van der Waals surface area (Å²) in [6.07, 6.45) is -0.845. The number of rotatable bonds is 2. The summed E-state index contributed by atoms with van der Waals surface area (Å²) in [6.45, 7) is 0.761. The fourth-order valence-electron chi connectivity index (χ4n) is 3.82. The molecule has 4 nitrogen and oxygen atoms in total. The largest absolute Gasteiger partial charge is 0.385 e. The van der Waals surface area contributed by atoms with Crippen molar-refractivity contribution in [1.82, 2.24) is 0 Å². The lowest BCUT2D eigenvalue weighted by molar-refractivity contribution is 0.0907. The van der Waals surface area contributed by atoms with Gasteiger partial charge in [-0.2, -0.15) is 0 Å². The van der Waals surface area contributed by atoms with Gasteiger partial charge in [-0.3, -0.25) is 0 Å². The van der Waals surface area contributed by atoms with E-state index in [1.165, 1.54) is 11.6 Å². The van der Waals surface area contributed by atoms with Crippen LogP contribution in [0.25, 0.3) is 0 Å². The van der Waals surface area contributed by atoms with E-state index in [1.807, 2.05) is 18.2 Å². The van der Waals surface area contributed by atoms with Crippen LogP contribution in [0, 0.1) is 0 Å². The molecule has 1 aliphatic carbocycles. The first-order chi connectivity index (χ1) is 11.4. The highest BCUT2D eigenvalue weighted by Crippen LogP contribution is 2.45. The summed E-state index contributed by atoms with van der Waals surface area (Å²) in [5.41, 5.74) is 3.90. The van der Waals surface area contributed by atoms with Gasteiger partial charge in [0.1, 0.15) is 12.3 Å². The third-order valence-corrected chi connectivity index (χ3v) is 6.06. The molecule has 2 atom stereocenters. The van der Waals surface area contributed by atoms with Crippen molar-refractivity contribution in [2.75, 3.05) is 17.7 Å². The predicted molar refractivity (Wildman–Crippen MR) is 90.3 cm³/mol. The Morgan fingerprint density at radius 1 is 1.17 bits per heavy atom. The van der Waals surface area contributed by atoms with E-state index in [0.717, 1.165) is 30.6 Å². The van der Waals surface area contributed by atoms with E-state index in [-0.39, 0.29) is 16.9 Å². The van der Waals surface area contributed by atoms with Crippen LogP contribution in [-0.2, 0) is 22.7 Å². The van der Waals surface area contributed by atoms with Crippen LogP contribution in [0.4, 0.5) is 15.8 Å². The van der Waals surface area contributed by atoms with Crippen LogP contribution in [0.1, 0.15) is 22.8 Å². The van der Waals surface area contributed by atoms with Crippen molar-refractivity contribution >= 4 is 21.2 Å². The minimum absolute atomic E-state index is 0.0291. The van der Waals surface area contributed by atoms with Crippen molar-refractivity contribution in [3.8, 4) is 0 Å². The van der Waals surface area contributed by atoms with E-state index < -0.39 is 22.1 Å². The number of nitrogens with zero attached hydrogens (tertiary/aromatic N) is 1. The second kappa shape index (κ2) is 5.29. The molecule has 0 amide bonds. The molecule has 126 valence electrons. The Balaban J connectivity index is 1.91. The van der Waals surface area contributed by atoms with Crippen molar-refractivity contribution in [1.29, 1.82) is 0 Å². The number of para-hydroxylation sites is 1. The van der Waals surface area contributed by atoms with Crippen molar-refractivity contribution in [2.24, 2.45) is 0 Å². The number of aliphatic hydroxyl groups excluding tert-OH is 1. The minimum Gasteiger partial charge on any atom is -0.385 e. The second-order valence-corrected chi connectivity index (χ2v) is 8.43. The fraction of sp³-hybridized carbons (Fsp3) is 0.333. The molecular formula is C18H18FNO3S. The molecule has 0 radical (unpaired) electrons. The van der Waals surface area contributed by atoms with Gasteiger partial charge >= 0.3 is 0 Å². The molecule has 6 heteroatoms. The molecule has 1 aliphatic heterocycles. The summed E-state index contributed by atoms with van der Waals surface area (Å²) >= 11 is 0. The van der Waals surface area contributed by atoms with E-state index in [0.29, 0.717) is 5.56 Å². The smallest absolute Gasteiger partial charge is 0.175 e. The SMILES string of the molecule is CS(=O)(=O)c1ccc(N2CCc3ccccc32)c2c1[C@H](O)[C@H](F)C2. The van der Waals surface area contributed by atoms with Crippen LogP contribution in [0.2, 0.25) is 0 Å². The lowest BCUT2D eigenvalue weighted by Gasteiger charge is -2.24. The van der Waals surface area contributed by atoms with Crippen LogP contribution < -0.4 is 4.90 Å². The Kier molecular flexibility index (Phi) is 3.44. The zero-order valence-electron chi connectivity index (χ0n) is 13.2. The molecule has 0 saturated carbocycles. The van der Waals surface area contributed by atoms with Gasteiger partial charge in [-0.25, -0.2) is 12.8 Å². The molecule has 0 aromatic heterocycles. The summed E-state index contributed by atoms with van der Waals surface area (Å²) in [5.74, 6) is 0. The van der Waals surface area contributed by atoms with Crippen molar-refractivity contribution in [3.05, 3.63) is 53.1 Å². The van der Waals surface area contributed by atoms with E-state index in [4.69, 9.17) is 0 Å². The third-order valence-electron chi connectivity index (χ3n) is 4.91. The number of anilines is 2. The van der Waals surface area contributed by atoms with Gasteiger partial charge in [0.2, 0.25) is 0 Å². The van der Waals surface area contributed by atoms with E-state index in [1.54, 1.807) is 6.07 Å². The molecule has 1 N–H and O–H groups in total. The van der Waals surface area contributed by atoms with Crippen LogP contribution >= 0.6 is 0 Å². The minimum atomic E-state index is -3.53. The molecule has 0 spiro atoms. The Bertz CT molecular complexity index is 926. The lowest BCUT2D eigenvalue weighted by Crippen LogP contribution is -2.16. The summed E-state index contributed by atoms with van der Waals surface area (Å²) in [4.78, 5) is 2.12. The van der Waals surface area contributed by atoms with Crippen molar-refractivity contribution in [2.45, 2.75) is 30.0 Å². The van der Waals surface area contributed by atoms with Crippen molar-refractivity contribution < 1.29 is 17.9 Å². The standard InChI is InChI=1S/C18H18FNO3S/c1-24(22,23)16-7-6-15(12-10-13(19)18(21)17(12)16)20-9-8-11-4-2-3-5-14(11)20/h2-7,13,18,21H,8-10H2,1H3/t13-,18-/m1/s1. The molecule has 0 saturated heterocycles. The Labute approximate surface area is 140 Å². The molecular weight excluding hydrogens is 329 g/mol. The average molecular weight is 347 g/mol. The number of aliphatic hydroxyl groups is 1. The normalized spacial score (nSPS) is 22.5. The zero-order valence-corrected chi connectivity index (χ0v) is 14.1. The number of halogens is 1. The molecule has 24 heavy (non-hydrogen) atoms. The fourth-order valence-corrected chi connectivity index (χ4v) is 4.78. The number of sulfone groups is 1. The Hall–Kier alpha value is -1.92. The van der Waals surface area contributed by atoms with Gasteiger partial charge < -0.3 is 10.0 Å². The molecule has 0 bridgehead atoms. The van der Waals surface area contributed by atoms with Crippen LogP contribution in [0.3, 0.4) is 0 Å².